The fourth-order valence-electron chi connectivity index (χ4n) is 2.67. The topological polar surface area (TPSA) is 117 Å². The first kappa shape index (κ1) is 18.1. The number of carbonyl (C=O) groups excluding carboxylic acids is 1. The number of nitrogens with one attached hydrogen (secondary N) is 1. The second-order valence-corrected chi connectivity index (χ2v) is 7.75. The highest BCUT2D eigenvalue weighted by molar-refractivity contribution is 14.1. The molecule has 3 N–H and O–H groups in total. The SMILES string of the molecule is Nc1ncnc2c1nc(Sc1cc3c(cc1I)OCCO3)n2CCNC=O. The Balaban J connectivity index is 1.73. The maximum Gasteiger partial charge on any atom is 0.207 e. The number of benzene rings is 1. The number of anilines is 1. The number of aromatic nitrogens is 4. The minimum Gasteiger partial charge on any atom is -0.486 e. The number of carbonyl (C=O) groups is 1. The molecule has 3 aromatic rings. The number of halogens is 1. The van der Waals surface area contributed by atoms with Crippen LogP contribution in [-0.2, 0) is 11.3 Å². The Morgan fingerprint density at radius 3 is 2.85 bits per heavy atom. The van der Waals surface area contributed by atoms with Crippen molar-refractivity contribution < 1.29 is 14.3 Å². The number of hydrogen-bond donors (Lipinski definition) is 2. The highest BCUT2D eigenvalue weighted by atomic mass is 127. The van der Waals surface area contributed by atoms with Gasteiger partial charge in [-0.25, -0.2) is 15.0 Å². The van der Waals surface area contributed by atoms with Gasteiger partial charge in [-0.05, 0) is 34.7 Å². The average Bonchev–Trinajstić information content (AvgIpc) is 3.01. The van der Waals surface area contributed by atoms with Crippen molar-refractivity contribution >= 4 is 57.7 Å². The Kier molecular flexibility index (Phi) is 5.20. The third-order valence-corrected chi connectivity index (χ3v) is 6.20. The summed E-state index contributed by atoms with van der Waals surface area (Å²) < 4.78 is 14.2. The summed E-state index contributed by atoms with van der Waals surface area (Å²) in [6.45, 7) is 2.03. The van der Waals surface area contributed by atoms with Gasteiger partial charge in [0.25, 0.3) is 0 Å². The third-order valence-electron chi connectivity index (χ3n) is 3.89. The van der Waals surface area contributed by atoms with Crippen LogP contribution in [0.3, 0.4) is 0 Å². The summed E-state index contributed by atoms with van der Waals surface area (Å²) in [5.41, 5.74) is 7.13. The molecule has 1 amide bonds. The van der Waals surface area contributed by atoms with E-state index in [-0.39, 0.29) is 0 Å². The fraction of sp³-hybridized carbons (Fsp3) is 0.250. The number of ether oxygens (including phenoxy) is 2. The van der Waals surface area contributed by atoms with Crippen molar-refractivity contribution in [3.05, 3.63) is 22.0 Å². The Morgan fingerprint density at radius 2 is 2.07 bits per heavy atom. The maximum atomic E-state index is 10.6. The smallest absolute Gasteiger partial charge is 0.207 e. The fourth-order valence-corrected chi connectivity index (χ4v) is 4.38. The monoisotopic (exact) mass is 498 g/mol. The Hall–Kier alpha value is -2.28. The molecular weight excluding hydrogens is 483 g/mol. The van der Waals surface area contributed by atoms with E-state index in [1.54, 1.807) is 0 Å². The number of rotatable bonds is 6. The highest BCUT2D eigenvalue weighted by Gasteiger charge is 2.20. The zero-order valence-electron chi connectivity index (χ0n) is 14.0. The van der Waals surface area contributed by atoms with E-state index in [4.69, 9.17) is 15.2 Å². The lowest BCUT2D eigenvalue weighted by molar-refractivity contribution is -0.109. The number of hydrogen-bond acceptors (Lipinski definition) is 8. The zero-order chi connectivity index (χ0) is 18.8. The van der Waals surface area contributed by atoms with Crippen molar-refractivity contribution in [3.63, 3.8) is 0 Å². The van der Waals surface area contributed by atoms with Crippen molar-refractivity contribution in [3.8, 4) is 11.5 Å². The summed E-state index contributed by atoms with van der Waals surface area (Å²) in [5, 5.41) is 3.37. The molecule has 2 aromatic heterocycles. The van der Waals surface area contributed by atoms with Crippen molar-refractivity contribution in [2.75, 3.05) is 25.5 Å². The molecule has 11 heteroatoms. The Bertz CT molecular complexity index is 1010. The van der Waals surface area contributed by atoms with Crippen LogP contribution in [0.15, 0.2) is 28.5 Å². The molecule has 1 aromatic carbocycles. The summed E-state index contributed by atoms with van der Waals surface area (Å²) >= 11 is 3.74. The number of fused-ring (bicyclic) bond motifs is 2. The molecular formula is C16H15IN6O3S. The van der Waals surface area contributed by atoms with E-state index in [0.29, 0.717) is 60.6 Å². The number of nitrogens with two attached hydrogens (primary N) is 1. The van der Waals surface area contributed by atoms with Crippen molar-refractivity contribution in [1.29, 1.82) is 0 Å². The molecule has 0 aliphatic carbocycles. The lowest BCUT2D eigenvalue weighted by Crippen LogP contribution is -2.18. The maximum absolute atomic E-state index is 10.6. The van der Waals surface area contributed by atoms with Gasteiger partial charge in [0.1, 0.15) is 19.5 Å². The second kappa shape index (κ2) is 7.76. The number of nitrogens with zero attached hydrogens (tertiary/aromatic N) is 4. The van der Waals surface area contributed by atoms with E-state index in [1.165, 1.54) is 18.1 Å². The molecule has 3 heterocycles. The first-order valence-electron chi connectivity index (χ1n) is 8.08. The Morgan fingerprint density at radius 1 is 1.30 bits per heavy atom. The van der Waals surface area contributed by atoms with Crippen molar-refractivity contribution in [2.24, 2.45) is 0 Å². The van der Waals surface area contributed by atoms with Gasteiger partial charge >= 0.3 is 0 Å². The van der Waals surface area contributed by atoms with Crippen LogP contribution >= 0.6 is 34.4 Å². The molecule has 1 aliphatic heterocycles. The van der Waals surface area contributed by atoms with Crippen molar-refractivity contribution in [1.82, 2.24) is 24.8 Å². The van der Waals surface area contributed by atoms with E-state index < -0.39 is 0 Å². The number of amides is 1. The summed E-state index contributed by atoms with van der Waals surface area (Å²) in [7, 11) is 0. The van der Waals surface area contributed by atoms with E-state index >= 15 is 0 Å². The van der Waals surface area contributed by atoms with Gasteiger partial charge in [0.15, 0.2) is 33.6 Å². The highest BCUT2D eigenvalue weighted by Crippen LogP contribution is 2.40. The third kappa shape index (κ3) is 3.60. The molecule has 0 radical (unpaired) electrons. The first-order chi connectivity index (χ1) is 13.2. The molecule has 0 spiro atoms. The van der Waals surface area contributed by atoms with Crippen LogP contribution in [0.1, 0.15) is 0 Å². The van der Waals surface area contributed by atoms with Gasteiger partial charge < -0.3 is 25.1 Å². The lowest BCUT2D eigenvalue weighted by Gasteiger charge is -2.19. The molecule has 4 rings (SSSR count). The van der Waals surface area contributed by atoms with E-state index in [1.807, 2.05) is 16.7 Å². The van der Waals surface area contributed by atoms with Gasteiger partial charge in [-0.3, -0.25) is 4.79 Å². The van der Waals surface area contributed by atoms with Gasteiger partial charge in [0.2, 0.25) is 6.41 Å². The molecule has 9 nitrogen and oxygen atoms in total. The van der Waals surface area contributed by atoms with E-state index in [9.17, 15) is 4.79 Å². The largest absolute Gasteiger partial charge is 0.486 e. The van der Waals surface area contributed by atoms with Gasteiger partial charge in [-0.2, -0.15) is 0 Å². The van der Waals surface area contributed by atoms with Crippen LogP contribution in [0, 0.1) is 3.57 Å². The van der Waals surface area contributed by atoms with Crippen LogP contribution < -0.4 is 20.5 Å². The average molecular weight is 498 g/mol. The molecule has 0 fully saturated rings. The molecule has 0 saturated heterocycles. The molecule has 0 bridgehead atoms. The molecule has 0 unspecified atom stereocenters. The predicted octanol–water partition coefficient (Wildman–Crippen LogP) is 1.68. The van der Waals surface area contributed by atoms with E-state index in [2.05, 4.69) is 42.9 Å². The van der Waals surface area contributed by atoms with Crippen LogP contribution in [0.25, 0.3) is 11.2 Å². The summed E-state index contributed by atoms with van der Waals surface area (Å²) in [6.07, 6.45) is 2.07. The normalized spacial score (nSPS) is 12.9. The first-order valence-corrected chi connectivity index (χ1v) is 9.97. The minimum atomic E-state index is 0.320. The second-order valence-electron chi connectivity index (χ2n) is 5.58. The van der Waals surface area contributed by atoms with Crippen LogP contribution in [-0.4, -0.2) is 45.7 Å². The molecule has 1 aliphatic rings. The molecule has 0 saturated carbocycles. The predicted molar refractivity (Wildman–Crippen MR) is 108 cm³/mol. The summed E-state index contributed by atoms with van der Waals surface area (Å²) in [4.78, 5) is 24.5. The van der Waals surface area contributed by atoms with Gasteiger partial charge in [0.05, 0.1) is 0 Å². The van der Waals surface area contributed by atoms with Crippen molar-refractivity contribution in [2.45, 2.75) is 16.6 Å². The quantitative estimate of drug-likeness (QED) is 0.300. The Labute approximate surface area is 172 Å². The zero-order valence-corrected chi connectivity index (χ0v) is 17.0. The van der Waals surface area contributed by atoms with Gasteiger partial charge in [-0.1, -0.05) is 11.8 Å². The van der Waals surface area contributed by atoms with Gasteiger partial charge in [-0.15, -0.1) is 0 Å². The standard InChI is InChI=1S/C16H15IN6O3S/c17-9-5-10-11(26-4-3-25-10)6-12(9)27-16-22-13-14(18)20-7-21-15(13)23(16)2-1-19-8-24/h5-8H,1-4H2,(H,19,24)(H2,18,20,21). The molecule has 0 atom stereocenters. The van der Waals surface area contributed by atoms with Crippen LogP contribution in [0.5, 0.6) is 11.5 Å². The van der Waals surface area contributed by atoms with Gasteiger partial charge in [0, 0.05) is 21.6 Å². The number of nitrogen functional groups attached to an aromatic ring is 1. The van der Waals surface area contributed by atoms with Crippen LogP contribution in [0.2, 0.25) is 0 Å². The molecule has 140 valence electrons. The lowest BCUT2D eigenvalue weighted by atomic mass is 10.3. The van der Waals surface area contributed by atoms with Crippen LogP contribution in [0.4, 0.5) is 5.82 Å². The van der Waals surface area contributed by atoms with E-state index in [0.717, 1.165) is 14.2 Å². The molecule has 27 heavy (non-hydrogen) atoms. The number of imidazole rings is 1. The summed E-state index contributed by atoms with van der Waals surface area (Å²) in [5.74, 6) is 1.78. The minimum absolute atomic E-state index is 0.320. The summed E-state index contributed by atoms with van der Waals surface area (Å²) in [6, 6.07) is 3.90.